The van der Waals surface area contributed by atoms with E-state index < -0.39 is 18.5 Å². The number of nitriles is 1. The summed E-state index contributed by atoms with van der Waals surface area (Å²) in [4.78, 5) is 37.8. The second kappa shape index (κ2) is 9.31. The summed E-state index contributed by atoms with van der Waals surface area (Å²) < 4.78 is 4.89. The standard InChI is InChI=1S/C19H17ClN2O4S/c1-11-7-15(12(2)27-11)17(23)5-6-19(25)26-10-18(24)22-16-8-14(20)4-3-13(16)9-21/h3-4,7-8H,5-6,10H2,1-2H3,(H,22,24). The molecule has 0 saturated carbocycles. The van der Waals surface area contributed by atoms with E-state index in [-0.39, 0.29) is 29.9 Å². The number of hydrogen-bond acceptors (Lipinski definition) is 6. The minimum Gasteiger partial charge on any atom is -0.456 e. The van der Waals surface area contributed by atoms with Crippen LogP contribution in [0.5, 0.6) is 0 Å². The summed E-state index contributed by atoms with van der Waals surface area (Å²) in [5, 5.41) is 11.8. The van der Waals surface area contributed by atoms with Gasteiger partial charge in [0.05, 0.1) is 17.7 Å². The molecule has 1 aromatic carbocycles. The lowest BCUT2D eigenvalue weighted by atomic mass is 10.1. The fraction of sp³-hybridized carbons (Fsp3) is 0.263. The van der Waals surface area contributed by atoms with Crippen LogP contribution in [-0.2, 0) is 14.3 Å². The van der Waals surface area contributed by atoms with Crippen molar-refractivity contribution < 1.29 is 19.1 Å². The number of nitrogens with one attached hydrogen (secondary N) is 1. The van der Waals surface area contributed by atoms with Gasteiger partial charge in [-0.05, 0) is 38.1 Å². The molecule has 1 heterocycles. The number of thiophene rings is 1. The Balaban J connectivity index is 1.81. The van der Waals surface area contributed by atoms with E-state index >= 15 is 0 Å². The van der Waals surface area contributed by atoms with Crippen molar-refractivity contribution in [2.75, 3.05) is 11.9 Å². The topological polar surface area (TPSA) is 96.3 Å². The van der Waals surface area contributed by atoms with Gasteiger partial charge in [0, 0.05) is 26.8 Å². The molecule has 0 saturated heterocycles. The smallest absolute Gasteiger partial charge is 0.306 e. The quantitative estimate of drug-likeness (QED) is 0.555. The number of rotatable bonds is 7. The van der Waals surface area contributed by atoms with E-state index in [0.717, 1.165) is 9.75 Å². The fourth-order valence-electron chi connectivity index (χ4n) is 2.38. The van der Waals surface area contributed by atoms with Crippen LogP contribution >= 0.6 is 22.9 Å². The normalized spacial score (nSPS) is 10.1. The van der Waals surface area contributed by atoms with E-state index in [4.69, 9.17) is 21.6 Å². The Bertz CT molecular complexity index is 930. The van der Waals surface area contributed by atoms with Gasteiger partial charge in [-0.1, -0.05) is 11.6 Å². The van der Waals surface area contributed by atoms with Crippen molar-refractivity contribution in [3.8, 4) is 6.07 Å². The fourth-order valence-corrected chi connectivity index (χ4v) is 3.49. The van der Waals surface area contributed by atoms with Gasteiger partial charge in [-0.3, -0.25) is 14.4 Å². The van der Waals surface area contributed by atoms with Crippen molar-refractivity contribution >= 4 is 46.3 Å². The van der Waals surface area contributed by atoms with Crippen molar-refractivity contribution in [3.05, 3.63) is 50.2 Å². The molecule has 0 aliphatic heterocycles. The van der Waals surface area contributed by atoms with E-state index in [1.165, 1.54) is 29.5 Å². The maximum atomic E-state index is 12.1. The molecule has 1 amide bonds. The summed E-state index contributed by atoms with van der Waals surface area (Å²) in [5.41, 5.74) is 1.10. The zero-order chi connectivity index (χ0) is 20.0. The molecule has 8 heteroatoms. The second-order valence-corrected chi connectivity index (χ2v) is 7.66. The van der Waals surface area contributed by atoms with E-state index in [2.05, 4.69) is 5.32 Å². The minimum absolute atomic E-state index is 0.0182. The third-order valence-corrected chi connectivity index (χ3v) is 4.84. The molecule has 0 atom stereocenters. The number of esters is 1. The molecule has 27 heavy (non-hydrogen) atoms. The largest absolute Gasteiger partial charge is 0.456 e. The molecule has 0 aliphatic carbocycles. The van der Waals surface area contributed by atoms with Crippen molar-refractivity contribution in [1.82, 2.24) is 0 Å². The lowest BCUT2D eigenvalue weighted by Gasteiger charge is -2.08. The number of benzene rings is 1. The first-order chi connectivity index (χ1) is 12.8. The zero-order valence-electron chi connectivity index (χ0n) is 14.8. The molecule has 1 aromatic heterocycles. The highest BCUT2D eigenvalue weighted by molar-refractivity contribution is 7.12. The number of hydrogen-bond donors (Lipinski definition) is 1. The van der Waals surface area contributed by atoms with Gasteiger partial charge in [-0.15, -0.1) is 11.3 Å². The summed E-state index contributed by atoms with van der Waals surface area (Å²) in [6.07, 6.45) is -0.0919. The molecule has 0 fully saturated rings. The van der Waals surface area contributed by atoms with E-state index in [1.54, 1.807) is 6.07 Å². The Hall–Kier alpha value is -2.69. The van der Waals surface area contributed by atoms with Crippen LogP contribution in [0, 0.1) is 25.2 Å². The molecule has 1 N–H and O–H groups in total. The van der Waals surface area contributed by atoms with Crippen LogP contribution < -0.4 is 5.32 Å². The number of ketones is 1. The average Bonchev–Trinajstić information content (AvgIpc) is 2.96. The van der Waals surface area contributed by atoms with Gasteiger partial charge in [0.25, 0.3) is 5.91 Å². The molecular weight excluding hydrogens is 388 g/mol. The number of carbonyl (C=O) groups excluding carboxylic acids is 3. The van der Waals surface area contributed by atoms with Crippen LogP contribution in [0.2, 0.25) is 5.02 Å². The molecule has 0 unspecified atom stereocenters. The first-order valence-corrected chi connectivity index (χ1v) is 9.25. The summed E-state index contributed by atoms with van der Waals surface area (Å²) in [6, 6.07) is 8.18. The molecule has 6 nitrogen and oxygen atoms in total. The minimum atomic E-state index is -0.644. The van der Waals surface area contributed by atoms with Gasteiger partial charge < -0.3 is 10.1 Å². The number of carbonyl (C=O) groups is 3. The zero-order valence-corrected chi connectivity index (χ0v) is 16.4. The molecule has 0 bridgehead atoms. The van der Waals surface area contributed by atoms with Gasteiger partial charge in [-0.2, -0.15) is 5.26 Å². The first-order valence-electron chi connectivity index (χ1n) is 8.05. The van der Waals surface area contributed by atoms with Gasteiger partial charge in [0.1, 0.15) is 6.07 Å². The molecular formula is C19H17ClN2O4S. The van der Waals surface area contributed by atoms with Crippen LogP contribution in [0.1, 0.15) is 38.5 Å². The van der Waals surface area contributed by atoms with Crippen LogP contribution in [0.15, 0.2) is 24.3 Å². The van der Waals surface area contributed by atoms with E-state index in [1.807, 2.05) is 19.9 Å². The highest BCUT2D eigenvalue weighted by Gasteiger charge is 2.15. The van der Waals surface area contributed by atoms with Crippen molar-refractivity contribution in [3.63, 3.8) is 0 Å². The number of Topliss-reactive ketones (excluding diaryl/α,β-unsaturated/α-hetero) is 1. The molecule has 140 valence electrons. The molecule has 2 aromatic rings. The highest BCUT2D eigenvalue weighted by Crippen LogP contribution is 2.22. The predicted octanol–water partition coefficient (Wildman–Crippen LogP) is 4.03. The summed E-state index contributed by atoms with van der Waals surface area (Å²) >= 11 is 7.37. The number of aryl methyl sites for hydroxylation is 2. The summed E-state index contributed by atoms with van der Waals surface area (Å²) in [5.74, 6) is -1.37. The first kappa shape index (κ1) is 20.6. The van der Waals surface area contributed by atoms with Gasteiger partial charge in [0.2, 0.25) is 0 Å². The van der Waals surface area contributed by atoms with Crippen molar-refractivity contribution in [1.29, 1.82) is 5.26 Å². The molecule has 0 aliphatic rings. The Morgan fingerprint density at radius 1 is 1.22 bits per heavy atom. The lowest BCUT2D eigenvalue weighted by Crippen LogP contribution is -2.21. The van der Waals surface area contributed by atoms with Gasteiger partial charge >= 0.3 is 5.97 Å². The van der Waals surface area contributed by atoms with E-state index in [0.29, 0.717) is 10.6 Å². The van der Waals surface area contributed by atoms with Gasteiger partial charge in [0.15, 0.2) is 12.4 Å². The number of amides is 1. The number of halogens is 1. The van der Waals surface area contributed by atoms with Gasteiger partial charge in [-0.25, -0.2) is 0 Å². The highest BCUT2D eigenvalue weighted by atomic mass is 35.5. The third kappa shape index (κ3) is 5.91. The Morgan fingerprint density at radius 3 is 2.59 bits per heavy atom. The molecule has 2 rings (SSSR count). The maximum absolute atomic E-state index is 12.1. The Labute approximate surface area is 165 Å². The maximum Gasteiger partial charge on any atom is 0.306 e. The number of nitrogens with zero attached hydrogens (tertiary/aromatic N) is 1. The third-order valence-electron chi connectivity index (χ3n) is 3.64. The Morgan fingerprint density at radius 2 is 1.96 bits per heavy atom. The number of anilines is 1. The molecule has 0 spiro atoms. The summed E-state index contributed by atoms with van der Waals surface area (Å²) in [6.45, 7) is 3.26. The average molecular weight is 405 g/mol. The monoisotopic (exact) mass is 404 g/mol. The SMILES string of the molecule is Cc1cc(C(=O)CCC(=O)OCC(=O)Nc2cc(Cl)ccc2C#N)c(C)s1. The van der Waals surface area contributed by atoms with Crippen molar-refractivity contribution in [2.24, 2.45) is 0 Å². The number of ether oxygens (including phenoxy) is 1. The van der Waals surface area contributed by atoms with E-state index in [9.17, 15) is 14.4 Å². The predicted molar refractivity (Wildman–Crippen MR) is 103 cm³/mol. The van der Waals surface area contributed by atoms with Crippen LogP contribution in [-0.4, -0.2) is 24.3 Å². The lowest BCUT2D eigenvalue weighted by molar-refractivity contribution is -0.147. The molecule has 0 radical (unpaired) electrons. The van der Waals surface area contributed by atoms with Crippen LogP contribution in [0.3, 0.4) is 0 Å². The second-order valence-electron chi connectivity index (χ2n) is 5.76. The summed E-state index contributed by atoms with van der Waals surface area (Å²) in [7, 11) is 0. The van der Waals surface area contributed by atoms with Crippen molar-refractivity contribution in [2.45, 2.75) is 26.7 Å². The van der Waals surface area contributed by atoms with Crippen LogP contribution in [0.25, 0.3) is 0 Å². The van der Waals surface area contributed by atoms with Crippen LogP contribution in [0.4, 0.5) is 5.69 Å². The Kier molecular flexibility index (Phi) is 7.11.